The van der Waals surface area contributed by atoms with Crippen LogP contribution in [-0.2, 0) is 6.42 Å². The van der Waals surface area contributed by atoms with Crippen molar-refractivity contribution in [2.24, 2.45) is 0 Å². The number of H-pyrrole nitrogens is 1. The molecule has 0 spiro atoms. The van der Waals surface area contributed by atoms with Crippen LogP contribution in [0.5, 0.6) is 0 Å². The SMILES string of the molecule is O=c1[nH]c(Cc2cccc(F)c2)nc2scc(-c3ccccc3)c12. The second-order valence-corrected chi connectivity index (χ2v) is 6.37. The lowest BCUT2D eigenvalue weighted by Crippen LogP contribution is -2.11. The molecule has 5 heteroatoms. The molecule has 0 amide bonds. The van der Waals surface area contributed by atoms with Crippen LogP contribution in [0, 0.1) is 5.82 Å². The van der Waals surface area contributed by atoms with Crippen LogP contribution in [0.25, 0.3) is 21.3 Å². The van der Waals surface area contributed by atoms with Crippen LogP contribution in [0.2, 0.25) is 0 Å². The molecule has 0 saturated heterocycles. The molecule has 2 heterocycles. The first-order chi connectivity index (χ1) is 11.7. The minimum absolute atomic E-state index is 0.161. The molecule has 24 heavy (non-hydrogen) atoms. The van der Waals surface area contributed by atoms with Crippen molar-refractivity contribution in [3.63, 3.8) is 0 Å². The molecule has 0 aliphatic rings. The summed E-state index contributed by atoms with van der Waals surface area (Å²) in [5, 5.41) is 2.56. The number of aromatic amines is 1. The van der Waals surface area contributed by atoms with Gasteiger partial charge in [-0.25, -0.2) is 9.37 Å². The Hall–Kier alpha value is -2.79. The highest BCUT2D eigenvalue weighted by Gasteiger charge is 2.13. The van der Waals surface area contributed by atoms with Crippen LogP contribution in [0.3, 0.4) is 0 Å². The fourth-order valence-electron chi connectivity index (χ4n) is 2.75. The van der Waals surface area contributed by atoms with E-state index in [9.17, 15) is 9.18 Å². The van der Waals surface area contributed by atoms with Crippen molar-refractivity contribution >= 4 is 21.6 Å². The van der Waals surface area contributed by atoms with Crippen molar-refractivity contribution in [3.8, 4) is 11.1 Å². The third-order valence-corrected chi connectivity index (χ3v) is 4.71. The Labute approximate surface area is 141 Å². The summed E-state index contributed by atoms with van der Waals surface area (Å²) in [4.78, 5) is 20.6. The van der Waals surface area contributed by atoms with Crippen molar-refractivity contribution in [1.29, 1.82) is 0 Å². The highest BCUT2D eigenvalue weighted by molar-refractivity contribution is 7.17. The van der Waals surface area contributed by atoms with Crippen molar-refractivity contribution in [1.82, 2.24) is 9.97 Å². The first-order valence-corrected chi connectivity index (χ1v) is 8.39. The van der Waals surface area contributed by atoms with Gasteiger partial charge in [0.05, 0.1) is 5.39 Å². The number of hydrogen-bond donors (Lipinski definition) is 1. The van der Waals surface area contributed by atoms with Crippen LogP contribution in [0.15, 0.2) is 64.8 Å². The van der Waals surface area contributed by atoms with Gasteiger partial charge in [0.2, 0.25) is 0 Å². The summed E-state index contributed by atoms with van der Waals surface area (Å²) < 4.78 is 13.3. The zero-order valence-corrected chi connectivity index (χ0v) is 13.4. The Bertz CT molecular complexity index is 1070. The normalized spacial score (nSPS) is 11.0. The summed E-state index contributed by atoms with van der Waals surface area (Å²) in [6, 6.07) is 16.1. The molecule has 0 saturated carbocycles. The molecule has 0 aliphatic heterocycles. The fraction of sp³-hybridized carbons (Fsp3) is 0.0526. The molecule has 1 N–H and O–H groups in total. The summed E-state index contributed by atoms with van der Waals surface area (Å²) in [5.41, 5.74) is 2.50. The van der Waals surface area contributed by atoms with E-state index in [1.54, 1.807) is 6.07 Å². The maximum atomic E-state index is 13.3. The topological polar surface area (TPSA) is 45.8 Å². The number of benzene rings is 2. The summed E-state index contributed by atoms with van der Waals surface area (Å²) in [5.74, 6) is 0.248. The second kappa shape index (κ2) is 6.02. The van der Waals surface area contributed by atoms with Crippen molar-refractivity contribution < 1.29 is 4.39 Å². The van der Waals surface area contributed by atoms with Crippen LogP contribution < -0.4 is 5.56 Å². The van der Waals surface area contributed by atoms with Gasteiger partial charge in [0, 0.05) is 17.4 Å². The number of fused-ring (bicyclic) bond motifs is 1. The predicted octanol–water partition coefficient (Wildman–Crippen LogP) is 4.38. The van der Waals surface area contributed by atoms with Crippen molar-refractivity contribution in [2.45, 2.75) is 6.42 Å². The quantitative estimate of drug-likeness (QED) is 0.603. The molecule has 2 aromatic carbocycles. The lowest BCUT2D eigenvalue weighted by atomic mass is 10.1. The van der Waals surface area contributed by atoms with Crippen LogP contribution >= 0.6 is 11.3 Å². The number of nitrogens with zero attached hydrogens (tertiary/aromatic N) is 1. The van der Waals surface area contributed by atoms with E-state index in [1.807, 2.05) is 41.8 Å². The van der Waals surface area contributed by atoms with Gasteiger partial charge < -0.3 is 4.98 Å². The standard InChI is InChI=1S/C19H13FN2OS/c20-14-8-4-5-12(9-14)10-16-21-18(23)17-15(11-24-19(17)22-16)13-6-2-1-3-7-13/h1-9,11H,10H2,(H,21,22,23). The number of nitrogens with one attached hydrogen (secondary N) is 1. The molecule has 0 bridgehead atoms. The van der Waals surface area contributed by atoms with Crippen LogP contribution in [-0.4, -0.2) is 9.97 Å². The van der Waals surface area contributed by atoms with E-state index in [4.69, 9.17) is 0 Å². The van der Waals surface area contributed by atoms with Gasteiger partial charge >= 0.3 is 0 Å². The molecule has 0 radical (unpaired) electrons. The average Bonchev–Trinajstić information content (AvgIpc) is 3.00. The maximum Gasteiger partial charge on any atom is 0.260 e. The Balaban J connectivity index is 1.78. The molecule has 4 aromatic rings. The van der Waals surface area contributed by atoms with E-state index in [1.165, 1.54) is 23.5 Å². The van der Waals surface area contributed by atoms with Gasteiger partial charge in [0.1, 0.15) is 16.5 Å². The molecule has 2 aromatic heterocycles. The monoisotopic (exact) mass is 336 g/mol. The predicted molar refractivity (Wildman–Crippen MR) is 94.9 cm³/mol. The Morgan fingerprint density at radius 1 is 1.08 bits per heavy atom. The third-order valence-electron chi connectivity index (χ3n) is 3.84. The molecular weight excluding hydrogens is 323 g/mol. The fourth-order valence-corrected chi connectivity index (χ4v) is 3.71. The lowest BCUT2D eigenvalue weighted by Gasteiger charge is -2.03. The summed E-state index contributed by atoms with van der Waals surface area (Å²) >= 11 is 1.45. The van der Waals surface area contributed by atoms with E-state index < -0.39 is 0 Å². The molecule has 0 atom stereocenters. The molecule has 4 rings (SSSR count). The van der Waals surface area contributed by atoms with Gasteiger partial charge in [-0.15, -0.1) is 11.3 Å². The summed E-state index contributed by atoms with van der Waals surface area (Å²) in [6.07, 6.45) is 0.390. The smallest absolute Gasteiger partial charge is 0.260 e. The Morgan fingerprint density at radius 2 is 1.92 bits per heavy atom. The minimum Gasteiger partial charge on any atom is -0.310 e. The van der Waals surface area contributed by atoms with Gasteiger partial charge in [-0.1, -0.05) is 42.5 Å². The second-order valence-electron chi connectivity index (χ2n) is 5.51. The number of hydrogen-bond acceptors (Lipinski definition) is 3. The van der Waals surface area contributed by atoms with Gasteiger partial charge in [0.15, 0.2) is 0 Å². The number of thiophene rings is 1. The maximum absolute atomic E-state index is 13.3. The summed E-state index contributed by atoms with van der Waals surface area (Å²) in [6.45, 7) is 0. The first-order valence-electron chi connectivity index (χ1n) is 7.51. The lowest BCUT2D eigenvalue weighted by molar-refractivity contribution is 0.626. The van der Waals surface area contributed by atoms with Gasteiger partial charge in [-0.05, 0) is 23.3 Å². The van der Waals surface area contributed by atoms with E-state index in [-0.39, 0.29) is 11.4 Å². The summed E-state index contributed by atoms with van der Waals surface area (Å²) in [7, 11) is 0. The van der Waals surface area contributed by atoms with E-state index in [0.29, 0.717) is 22.5 Å². The van der Waals surface area contributed by atoms with Gasteiger partial charge in [-0.3, -0.25) is 4.79 Å². The highest BCUT2D eigenvalue weighted by Crippen LogP contribution is 2.30. The average molecular weight is 336 g/mol. The van der Waals surface area contributed by atoms with Crippen LogP contribution in [0.1, 0.15) is 11.4 Å². The van der Waals surface area contributed by atoms with Crippen molar-refractivity contribution in [2.75, 3.05) is 0 Å². The third kappa shape index (κ3) is 2.74. The number of halogens is 1. The Kier molecular flexibility index (Phi) is 3.70. The van der Waals surface area contributed by atoms with E-state index >= 15 is 0 Å². The van der Waals surface area contributed by atoms with E-state index in [0.717, 1.165) is 16.7 Å². The number of rotatable bonds is 3. The molecule has 0 fully saturated rings. The van der Waals surface area contributed by atoms with Gasteiger partial charge in [0.25, 0.3) is 5.56 Å². The van der Waals surface area contributed by atoms with Gasteiger partial charge in [-0.2, -0.15) is 0 Å². The largest absolute Gasteiger partial charge is 0.310 e. The molecule has 3 nitrogen and oxygen atoms in total. The van der Waals surface area contributed by atoms with Crippen molar-refractivity contribution in [3.05, 3.63) is 87.5 Å². The van der Waals surface area contributed by atoms with Crippen LogP contribution in [0.4, 0.5) is 4.39 Å². The zero-order chi connectivity index (χ0) is 16.5. The molecule has 0 unspecified atom stereocenters. The number of aromatic nitrogens is 2. The molecule has 118 valence electrons. The van der Waals surface area contributed by atoms with E-state index in [2.05, 4.69) is 9.97 Å². The highest BCUT2D eigenvalue weighted by atomic mass is 32.1. The molecule has 0 aliphatic carbocycles. The zero-order valence-electron chi connectivity index (χ0n) is 12.6. The molecular formula is C19H13FN2OS. The minimum atomic E-state index is -0.293. The Morgan fingerprint density at radius 3 is 2.71 bits per heavy atom. The first kappa shape index (κ1) is 14.8.